The quantitative estimate of drug-likeness (QED) is 0.869. The van der Waals surface area contributed by atoms with E-state index in [4.69, 9.17) is 15.6 Å². The van der Waals surface area contributed by atoms with Crippen LogP contribution in [0.3, 0.4) is 0 Å². The first-order valence-electron chi connectivity index (χ1n) is 4.94. The van der Waals surface area contributed by atoms with Crippen molar-refractivity contribution in [2.45, 2.75) is 12.5 Å². The molecule has 0 amide bonds. The molecular weight excluding hydrogens is 277 g/mol. The largest absolute Gasteiger partial charge is 0.394 e. The van der Waals surface area contributed by atoms with Crippen LogP contribution >= 0.6 is 15.9 Å². The average Bonchev–Trinajstić information content (AvgIpc) is 2.29. The van der Waals surface area contributed by atoms with Crippen LogP contribution in [0.5, 0.6) is 0 Å². The maximum Gasteiger partial charge on any atom is 0.129 e. The van der Waals surface area contributed by atoms with E-state index in [9.17, 15) is 4.39 Å². The van der Waals surface area contributed by atoms with Crippen LogP contribution in [0.15, 0.2) is 22.7 Å². The van der Waals surface area contributed by atoms with Gasteiger partial charge < -0.3 is 15.6 Å². The fraction of sp³-hybridized carbons (Fsp3) is 0.455. The zero-order chi connectivity index (χ0) is 12.2. The van der Waals surface area contributed by atoms with Gasteiger partial charge in [0.05, 0.1) is 13.2 Å². The van der Waals surface area contributed by atoms with Crippen molar-refractivity contribution in [3.63, 3.8) is 0 Å². The van der Waals surface area contributed by atoms with Gasteiger partial charge in [-0.3, -0.25) is 0 Å². The molecule has 0 heterocycles. The molecular formula is C11H15BrFNO2. The van der Waals surface area contributed by atoms with Crippen molar-refractivity contribution in [2.75, 3.05) is 19.8 Å². The maximum absolute atomic E-state index is 13.7. The number of benzene rings is 1. The molecule has 0 saturated carbocycles. The minimum Gasteiger partial charge on any atom is -0.394 e. The van der Waals surface area contributed by atoms with Gasteiger partial charge in [0.1, 0.15) is 11.4 Å². The van der Waals surface area contributed by atoms with Crippen molar-refractivity contribution in [3.8, 4) is 0 Å². The first kappa shape index (κ1) is 13.6. The Balaban J connectivity index is 3.06. The predicted molar refractivity (Wildman–Crippen MR) is 63.5 cm³/mol. The molecule has 0 radical (unpaired) electrons. The highest BCUT2D eigenvalue weighted by Gasteiger charge is 2.29. The van der Waals surface area contributed by atoms with Crippen molar-refractivity contribution in [3.05, 3.63) is 34.1 Å². The molecule has 1 rings (SSSR count). The Morgan fingerprint density at radius 3 is 2.81 bits per heavy atom. The first-order valence-corrected chi connectivity index (χ1v) is 5.73. The van der Waals surface area contributed by atoms with Crippen molar-refractivity contribution in [1.29, 1.82) is 0 Å². The third-order valence-electron chi connectivity index (χ3n) is 2.40. The van der Waals surface area contributed by atoms with Crippen LogP contribution in [0.1, 0.15) is 12.5 Å². The highest BCUT2D eigenvalue weighted by Crippen LogP contribution is 2.29. The normalized spacial score (nSPS) is 14.8. The van der Waals surface area contributed by atoms with Crippen LogP contribution in [0.2, 0.25) is 0 Å². The first-order chi connectivity index (χ1) is 7.53. The zero-order valence-corrected chi connectivity index (χ0v) is 10.6. The number of rotatable bonds is 5. The molecule has 1 aromatic rings. The molecule has 1 unspecified atom stereocenters. The number of hydrogen-bond acceptors (Lipinski definition) is 3. The molecule has 0 aliphatic rings. The Labute approximate surface area is 103 Å². The molecule has 0 aliphatic heterocycles. The Kier molecular flexibility index (Phi) is 4.86. The van der Waals surface area contributed by atoms with Gasteiger partial charge in [-0.25, -0.2) is 4.39 Å². The molecule has 0 aromatic heterocycles. The van der Waals surface area contributed by atoms with Crippen LogP contribution in [0, 0.1) is 5.82 Å². The zero-order valence-electron chi connectivity index (χ0n) is 9.04. The molecule has 90 valence electrons. The van der Waals surface area contributed by atoms with E-state index < -0.39 is 5.60 Å². The topological polar surface area (TPSA) is 55.5 Å². The fourth-order valence-electron chi connectivity index (χ4n) is 1.42. The number of nitrogens with two attached hydrogens (primary N) is 1. The summed E-state index contributed by atoms with van der Waals surface area (Å²) >= 11 is 3.27. The van der Waals surface area contributed by atoms with E-state index in [1.807, 2.05) is 0 Å². The third-order valence-corrected chi connectivity index (χ3v) is 2.89. The van der Waals surface area contributed by atoms with E-state index in [2.05, 4.69) is 15.9 Å². The molecule has 1 aromatic carbocycles. The summed E-state index contributed by atoms with van der Waals surface area (Å²) in [6, 6.07) is 4.61. The highest BCUT2D eigenvalue weighted by molar-refractivity contribution is 9.10. The van der Waals surface area contributed by atoms with Crippen molar-refractivity contribution in [2.24, 2.45) is 5.73 Å². The summed E-state index contributed by atoms with van der Waals surface area (Å²) < 4.78 is 19.8. The van der Waals surface area contributed by atoms with Crippen LogP contribution in [0.25, 0.3) is 0 Å². The van der Waals surface area contributed by atoms with Gasteiger partial charge >= 0.3 is 0 Å². The lowest BCUT2D eigenvalue weighted by molar-refractivity contribution is -0.0458. The molecule has 0 spiro atoms. The molecule has 16 heavy (non-hydrogen) atoms. The van der Waals surface area contributed by atoms with Gasteiger partial charge in [-0.05, 0) is 25.1 Å². The Hall–Kier alpha value is -0.490. The summed E-state index contributed by atoms with van der Waals surface area (Å²) in [6.45, 7) is 1.85. The fourth-order valence-corrected chi connectivity index (χ4v) is 1.78. The summed E-state index contributed by atoms with van der Waals surface area (Å²) in [6.07, 6.45) is 0. The Morgan fingerprint density at radius 1 is 1.56 bits per heavy atom. The standard InChI is InChI=1S/C11H15BrFNO2/c1-11(7-14,16-5-4-15)9-6-8(12)2-3-10(9)13/h2-3,6,15H,4-5,7,14H2,1H3. The number of ether oxygens (including phenoxy) is 1. The van der Waals surface area contributed by atoms with Crippen LogP contribution in [-0.4, -0.2) is 24.9 Å². The minimum atomic E-state index is -0.920. The molecule has 3 N–H and O–H groups in total. The number of aliphatic hydroxyl groups excluding tert-OH is 1. The summed E-state index contributed by atoms with van der Waals surface area (Å²) in [7, 11) is 0. The Morgan fingerprint density at radius 2 is 2.25 bits per heavy atom. The highest BCUT2D eigenvalue weighted by atomic mass is 79.9. The lowest BCUT2D eigenvalue weighted by Gasteiger charge is -2.29. The predicted octanol–water partition coefficient (Wildman–Crippen LogP) is 1.77. The van der Waals surface area contributed by atoms with Gasteiger partial charge in [0.2, 0.25) is 0 Å². The van der Waals surface area contributed by atoms with Gasteiger partial charge in [0.15, 0.2) is 0 Å². The lowest BCUT2D eigenvalue weighted by atomic mass is 9.95. The van der Waals surface area contributed by atoms with Gasteiger partial charge in [-0.2, -0.15) is 0 Å². The smallest absolute Gasteiger partial charge is 0.129 e. The van der Waals surface area contributed by atoms with Crippen LogP contribution in [-0.2, 0) is 10.3 Å². The molecule has 0 fully saturated rings. The molecule has 0 aliphatic carbocycles. The second-order valence-corrected chi connectivity index (χ2v) is 4.55. The molecule has 5 heteroatoms. The van der Waals surface area contributed by atoms with E-state index in [1.54, 1.807) is 19.1 Å². The molecule has 3 nitrogen and oxygen atoms in total. The van der Waals surface area contributed by atoms with Crippen LogP contribution < -0.4 is 5.73 Å². The van der Waals surface area contributed by atoms with E-state index in [1.165, 1.54) is 6.07 Å². The van der Waals surface area contributed by atoms with E-state index >= 15 is 0 Å². The summed E-state index contributed by atoms with van der Waals surface area (Å²) in [5, 5.41) is 8.73. The minimum absolute atomic E-state index is 0.120. The summed E-state index contributed by atoms with van der Waals surface area (Å²) in [5.74, 6) is -0.367. The second-order valence-electron chi connectivity index (χ2n) is 3.63. The van der Waals surface area contributed by atoms with Gasteiger partial charge in [-0.15, -0.1) is 0 Å². The van der Waals surface area contributed by atoms with Crippen molar-refractivity contribution < 1.29 is 14.2 Å². The van der Waals surface area contributed by atoms with Crippen molar-refractivity contribution in [1.82, 2.24) is 0 Å². The molecule has 0 saturated heterocycles. The maximum atomic E-state index is 13.7. The van der Waals surface area contributed by atoms with Crippen LogP contribution in [0.4, 0.5) is 4.39 Å². The number of halogens is 2. The van der Waals surface area contributed by atoms with Gasteiger partial charge in [0.25, 0.3) is 0 Å². The lowest BCUT2D eigenvalue weighted by Crippen LogP contribution is -2.36. The van der Waals surface area contributed by atoms with Gasteiger partial charge in [-0.1, -0.05) is 15.9 Å². The van der Waals surface area contributed by atoms with E-state index in [0.29, 0.717) is 5.56 Å². The molecule has 1 atom stereocenters. The Bertz CT molecular complexity index is 362. The summed E-state index contributed by atoms with van der Waals surface area (Å²) in [5.41, 5.74) is 5.08. The van der Waals surface area contributed by atoms with Crippen molar-refractivity contribution >= 4 is 15.9 Å². The van der Waals surface area contributed by atoms with E-state index in [-0.39, 0.29) is 25.6 Å². The van der Waals surface area contributed by atoms with E-state index in [0.717, 1.165) is 4.47 Å². The average molecular weight is 292 g/mol. The number of aliphatic hydroxyl groups is 1. The second kappa shape index (κ2) is 5.72. The third kappa shape index (κ3) is 3.01. The van der Waals surface area contributed by atoms with Gasteiger partial charge in [0, 0.05) is 16.6 Å². The summed E-state index contributed by atoms with van der Waals surface area (Å²) in [4.78, 5) is 0. The monoisotopic (exact) mass is 291 g/mol. The number of hydrogen-bond donors (Lipinski definition) is 2. The SMILES string of the molecule is CC(CN)(OCCO)c1cc(Br)ccc1F. The molecule has 0 bridgehead atoms.